The van der Waals surface area contributed by atoms with E-state index in [0.29, 0.717) is 10.6 Å². The van der Waals surface area contributed by atoms with Gasteiger partial charge in [-0.05, 0) is 17.7 Å². The van der Waals surface area contributed by atoms with E-state index in [4.69, 9.17) is 16.7 Å². The fraction of sp³-hybridized carbons (Fsp3) is 0.125. The van der Waals surface area contributed by atoms with Crippen LogP contribution >= 0.6 is 11.6 Å². The van der Waals surface area contributed by atoms with Crippen molar-refractivity contribution >= 4 is 17.9 Å². The molecule has 57 valence electrons. The predicted octanol–water partition coefficient (Wildman–Crippen LogP) is 1.48. The largest absolute Gasteiger partial charge is 0.380 e. The Labute approximate surface area is 69.4 Å². The Kier molecular flexibility index (Phi) is 2.63. The van der Waals surface area contributed by atoms with Crippen molar-refractivity contribution in [3.8, 4) is 0 Å². The zero-order valence-corrected chi connectivity index (χ0v) is 6.38. The zero-order valence-electron chi connectivity index (χ0n) is 5.62. The highest BCUT2D eigenvalue weighted by atomic mass is 35.5. The first kappa shape index (κ1) is 8.24. The highest BCUT2D eigenvalue weighted by Gasteiger charge is 2.04. The molecule has 1 aromatic rings. The van der Waals surface area contributed by atoms with E-state index < -0.39 is 6.10 Å². The molecule has 0 heterocycles. The summed E-state index contributed by atoms with van der Waals surface area (Å²) >= 11 is 5.58. The summed E-state index contributed by atoms with van der Waals surface area (Å²) in [6, 6.07) is 6.38. The summed E-state index contributed by atoms with van der Waals surface area (Å²) in [4.78, 5) is 9.98. The molecule has 0 aliphatic rings. The van der Waals surface area contributed by atoms with Crippen LogP contribution in [0.1, 0.15) is 11.7 Å². The van der Waals surface area contributed by atoms with E-state index in [2.05, 4.69) is 0 Å². The van der Waals surface area contributed by atoms with Crippen molar-refractivity contribution in [1.29, 1.82) is 0 Å². The Balaban J connectivity index is 2.89. The number of hydrogen-bond donors (Lipinski definition) is 1. The van der Waals surface area contributed by atoms with Gasteiger partial charge in [-0.3, -0.25) is 4.79 Å². The molecule has 0 saturated carbocycles. The van der Waals surface area contributed by atoms with E-state index in [9.17, 15) is 4.79 Å². The van der Waals surface area contributed by atoms with Crippen LogP contribution in [0.2, 0.25) is 5.02 Å². The molecular weight excluding hydrogens is 164 g/mol. The molecule has 0 spiro atoms. The number of hydrogen-bond acceptors (Lipinski definition) is 2. The van der Waals surface area contributed by atoms with Crippen molar-refractivity contribution in [2.24, 2.45) is 0 Å². The first-order chi connectivity index (χ1) is 5.24. The number of rotatable bonds is 2. The molecule has 0 bridgehead atoms. The summed E-state index contributed by atoms with van der Waals surface area (Å²) < 4.78 is 0. The summed E-state index contributed by atoms with van der Waals surface area (Å²) in [6.45, 7) is 0. The van der Waals surface area contributed by atoms with Crippen molar-refractivity contribution in [2.45, 2.75) is 6.10 Å². The lowest BCUT2D eigenvalue weighted by atomic mass is 10.1. The molecule has 0 aromatic heterocycles. The van der Waals surface area contributed by atoms with Crippen LogP contribution < -0.4 is 0 Å². The first-order valence-corrected chi connectivity index (χ1v) is 3.43. The van der Waals surface area contributed by atoms with Gasteiger partial charge in [0, 0.05) is 5.02 Å². The summed E-state index contributed by atoms with van der Waals surface area (Å²) in [5.74, 6) is 0. The molecule has 2 nitrogen and oxygen atoms in total. The maximum absolute atomic E-state index is 9.98. The van der Waals surface area contributed by atoms with Gasteiger partial charge >= 0.3 is 0 Å². The molecule has 1 unspecified atom stereocenters. The lowest BCUT2D eigenvalue weighted by Crippen LogP contribution is -1.96. The Hall–Kier alpha value is -0.860. The number of halogens is 1. The van der Waals surface area contributed by atoms with Crippen LogP contribution in [-0.2, 0) is 4.79 Å². The normalized spacial score (nSPS) is 12.5. The van der Waals surface area contributed by atoms with E-state index >= 15 is 0 Å². The third kappa shape index (κ3) is 2.03. The topological polar surface area (TPSA) is 37.3 Å². The number of aliphatic hydroxyl groups excluding tert-OH is 1. The molecule has 1 atom stereocenters. The first-order valence-electron chi connectivity index (χ1n) is 3.05. The molecule has 1 N–H and O–H groups in total. The van der Waals surface area contributed by atoms with Gasteiger partial charge in [-0.25, -0.2) is 0 Å². The van der Waals surface area contributed by atoms with Crippen LogP contribution in [0.15, 0.2) is 24.3 Å². The molecule has 1 rings (SSSR count). The van der Waals surface area contributed by atoms with Crippen molar-refractivity contribution in [1.82, 2.24) is 0 Å². The van der Waals surface area contributed by atoms with Crippen molar-refractivity contribution in [3.63, 3.8) is 0 Å². The highest BCUT2D eigenvalue weighted by Crippen LogP contribution is 2.14. The Bertz CT molecular complexity index is 243. The van der Waals surface area contributed by atoms with E-state index in [1.54, 1.807) is 24.3 Å². The minimum absolute atomic E-state index is 0.504. The second kappa shape index (κ2) is 3.51. The van der Waals surface area contributed by atoms with E-state index in [-0.39, 0.29) is 0 Å². The third-order valence-corrected chi connectivity index (χ3v) is 1.55. The Morgan fingerprint density at radius 1 is 1.36 bits per heavy atom. The van der Waals surface area contributed by atoms with Gasteiger partial charge in [-0.15, -0.1) is 0 Å². The van der Waals surface area contributed by atoms with Crippen molar-refractivity contribution in [2.75, 3.05) is 0 Å². The molecule has 0 saturated heterocycles. The monoisotopic (exact) mass is 169 g/mol. The standard InChI is InChI=1S/C8H6ClO2/c9-7-3-1-6(2-4-7)8(11)5-10/h1-4,8,11H. The molecule has 0 fully saturated rings. The lowest BCUT2D eigenvalue weighted by Gasteiger charge is -2.00. The zero-order chi connectivity index (χ0) is 8.27. The van der Waals surface area contributed by atoms with Crippen LogP contribution in [0, 0.1) is 0 Å². The maximum Gasteiger partial charge on any atom is 0.234 e. The van der Waals surface area contributed by atoms with E-state index in [1.165, 1.54) is 6.29 Å². The highest BCUT2D eigenvalue weighted by molar-refractivity contribution is 6.30. The van der Waals surface area contributed by atoms with E-state index in [0.717, 1.165) is 0 Å². The molecule has 0 amide bonds. The quantitative estimate of drug-likeness (QED) is 0.728. The van der Waals surface area contributed by atoms with Crippen LogP contribution in [0.25, 0.3) is 0 Å². The van der Waals surface area contributed by atoms with Gasteiger partial charge in [0.15, 0.2) is 0 Å². The minimum atomic E-state index is -1.16. The van der Waals surface area contributed by atoms with Crippen LogP contribution in [0.3, 0.4) is 0 Å². The van der Waals surface area contributed by atoms with Crippen molar-refractivity contribution in [3.05, 3.63) is 34.9 Å². The second-order valence-electron chi connectivity index (χ2n) is 2.07. The Morgan fingerprint density at radius 3 is 2.36 bits per heavy atom. The van der Waals surface area contributed by atoms with Gasteiger partial charge in [0.05, 0.1) is 0 Å². The summed E-state index contributed by atoms with van der Waals surface area (Å²) in [6.07, 6.45) is 0.303. The van der Waals surface area contributed by atoms with Gasteiger partial charge in [-0.1, -0.05) is 23.7 Å². The molecule has 1 aromatic carbocycles. The second-order valence-corrected chi connectivity index (χ2v) is 2.51. The molecule has 11 heavy (non-hydrogen) atoms. The number of aliphatic hydroxyl groups is 1. The van der Waals surface area contributed by atoms with Crippen molar-refractivity contribution < 1.29 is 9.90 Å². The average molecular weight is 170 g/mol. The molecule has 0 aliphatic heterocycles. The molecular formula is C8H6ClO2. The SMILES string of the molecule is O=[C]C(O)c1ccc(Cl)cc1. The summed E-state index contributed by atoms with van der Waals surface area (Å²) in [7, 11) is 0. The Morgan fingerprint density at radius 2 is 1.91 bits per heavy atom. The van der Waals surface area contributed by atoms with Gasteiger partial charge in [-0.2, -0.15) is 0 Å². The third-order valence-electron chi connectivity index (χ3n) is 1.30. The maximum atomic E-state index is 9.98. The van der Waals surface area contributed by atoms with Gasteiger partial charge in [0.2, 0.25) is 6.29 Å². The van der Waals surface area contributed by atoms with Crippen LogP contribution in [0.4, 0.5) is 0 Å². The molecule has 1 radical (unpaired) electrons. The number of benzene rings is 1. The predicted molar refractivity (Wildman–Crippen MR) is 42.1 cm³/mol. The van der Waals surface area contributed by atoms with Gasteiger partial charge < -0.3 is 5.11 Å². The minimum Gasteiger partial charge on any atom is -0.380 e. The summed E-state index contributed by atoms with van der Waals surface area (Å²) in [5.41, 5.74) is 0.504. The van der Waals surface area contributed by atoms with Gasteiger partial charge in [0.25, 0.3) is 0 Å². The summed E-state index contributed by atoms with van der Waals surface area (Å²) in [5, 5.41) is 9.53. The van der Waals surface area contributed by atoms with Gasteiger partial charge in [0.1, 0.15) is 6.10 Å². The molecule has 3 heteroatoms. The molecule has 0 aliphatic carbocycles. The average Bonchev–Trinajstić information content (AvgIpc) is 2.05. The lowest BCUT2D eigenvalue weighted by molar-refractivity contribution is 0.240. The fourth-order valence-corrected chi connectivity index (χ4v) is 0.839. The van der Waals surface area contributed by atoms with Crippen LogP contribution in [0.5, 0.6) is 0 Å². The fourth-order valence-electron chi connectivity index (χ4n) is 0.713. The van der Waals surface area contributed by atoms with Crippen LogP contribution in [-0.4, -0.2) is 11.4 Å². The number of carbonyl (C=O) groups excluding carboxylic acids is 1. The van der Waals surface area contributed by atoms with E-state index in [1.807, 2.05) is 0 Å². The smallest absolute Gasteiger partial charge is 0.234 e.